The van der Waals surface area contributed by atoms with Crippen molar-refractivity contribution in [2.24, 2.45) is 0 Å². The summed E-state index contributed by atoms with van der Waals surface area (Å²) in [4.78, 5) is 14.3. The first-order valence-electron chi connectivity index (χ1n) is 6.73. The van der Waals surface area contributed by atoms with Crippen LogP contribution in [-0.2, 0) is 22.6 Å². The largest absolute Gasteiger partial charge is 0.468 e. The van der Waals surface area contributed by atoms with E-state index in [9.17, 15) is 4.79 Å². The van der Waals surface area contributed by atoms with Crippen molar-refractivity contribution < 1.29 is 9.53 Å². The molecule has 0 radical (unpaired) electrons. The number of hydrogen-bond acceptors (Lipinski definition) is 3. The molecule has 0 N–H and O–H groups in total. The fourth-order valence-electron chi connectivity index (χ4n) is 2.79. The first-order chi connectivity index (χ1) is 9.79. The van der Waals surface area contributed by atoms with Crippen molar-refractivity contribution >= 4 is 5.97 Å². The Morgan fingerprint density at radius 3 is 2.10 bits per heavy atom. The highest BCUT2D eigenvalue weighted by molar-refractivity contribution is 5.77. The Balaban J connectivity index is 1.91. The van der Waals surface area contributed by atoms with Crippen LogP contribution in [0.3, 0.4) is 0 Å². The molecular formula is C17H17NO2. The van der Waals surface area contributed by atoms with Crippen LogP contribution in [0.5, 0.6) is 0 Å². The zero-order valence-corrected chi connectivity index (χ0v) is 11.5. The van der Waals surface area contributed by atoms with Gasteiger partial charge in [0.15, 0.2) is 0 Å². The van der Waals surface area contributed by atoms with Crippen molar-refractivity contribution in [2.75, 3.05) is 7.11 Å². The van der Waals surface area contributed by atoms with Crippen molar-refractivity contribution in [3.8, 4) is 0 Å². The van der Waals surface area contributed by atoms with Gasteiger partial charge in [-0.15, -0.1) is 0 Å². The van der Waals surface area contributed by atoms with Crippen molar-refractivity contribution in [1.29, 1.82) is 0 Å². The van der Waals surface area contributed by atoms with Gasteiger partial charge in [0, 0.05) is 13.1 Å². The molecule has 1 aliphatic heterocycles. The minimum absolute atomic E-state index is 0.205. The van der Waals surface area contributed by atoms with Crippen LogP contribution in [0.2, 0.25) is 0 Å². The highest BCUT2D eigenvalue weighted by Gasteiger charge is 2.32. The molecule has 1 aliphatic rings. The van der Waals surface area contributed by atoms with E-state index in [4.69, 9.17) is 4.74 Å². The second-order valence-electron chi connectivity index (χ2n) is 5.01. The topological polar surface area (TPSA) is 29.5 Å². The lowest BCUT2D eigenvalue weighted by Gasteiger charge is -2.25. The highest BCUT2D eigenvalue weighted by Crippen LogP contribution is 2.31. The number of ether oxygens (including phenoxy) is 1. The highest BCUT2D eigenvalue weighted by atomic mass is 16.5. The van der Waals surface area contributed by atoms with Crippen LogP contribution in [0.25, 0.3) is 0 Å². The van der Waals surface area contributed by atoms with Gasteiger partial charge in [0.05, 0.1) is 7.11 Å². The van der Waals surface area contributed by atoms with E-state index in [1.165, 1.54) is 18.2 Å². The van der Waals surface area contributed by atoms with Gasteiger partial charge in [-0.05, 0) is 16.7 Å². The monoisotopic (exact) mass is 267 g/mol. The average Bonchev–Trinajstić information content (AvgIpc) is 2.91. The number of nitrogens with zero attached hydrogens (tertiary/aromatic N) is 1. The number of esters is 1. The van der Waals surface area contributed by atoms with Gasteiger partial charge < -0.3 is 4.74 Å². The Bertz CT molecular complexity index is 584. The van der Waals surface area contributed by atoms with E-state index in [0.29, 0.717) is 0 Å². The van der Waals surface area contributed by atoms with Gasteiger partial charge in [0.25, 0.3) is 0 Å². The number of methoxy groups -OCH3 is 1. The smallest absolute Gasteiger partial charge is 0.327 e. The van der Waals surface area contributed by atoms with Gasteiger partial charge in [-0.1, -0.05) is 54.6 Å². The first kappa shape index (κ1) is 12.9. The van der Waals surface area contributed by atoms with E-state index in [2.05, 4.69) is 17.0 Å². The van der Waals surface area contributed by atoms with E-state index in [1.54, 1.807) is 0 Å². The molecule has 2 aromatic carbocycles. The molecule has 0 aromatic heterocycles. The molecule has 1 heterocycles. The number of hydrogen-bond donors (Lipinski definition) is 0. The molecule has 1 atom stereocenters. The SMILES string of the molecule is COC(=O)[C@H](c1ccccc1)N1Cc2ccccc2C1. The van der Waals surface area contributed by atoms with Crippen molar-refractivity contribution in [2.45, 2.75) is 19.1 Å². The van der Waals surface area contributed by atoms with Crippen LogP contribution in [0, 0.1) is 0 Å². The second-order valence-corrected chi connectivity index (χ2v) is 5.01. The van der Waals surface area contributed by atoms with Gasteiger partial charge in [0.1, 0.15) is 6.04 Å². The van der Waals surface area contributed by atoms with Crippen molar-refractivity contribution in [3.63, 3.8) is 0 Å². The Kier molecular flexibility index (Phi) is 3.52. The number of fused-ring (bicyclic) bond motifs is 1. The number of carbonyl (C=O) groups is 1. The molecule has 102 valence electrons. The predicted molar refractivity (Wildman–Crippen MR) is 76.9 cm³/mol. The summed E-state index contributed by atoms with van der Waals surface area (Å²) in [5.41, 5.74) is 3.56. The Hall–Kier alpha value is -2.13. The molecular weight excluding hydrogens is 250 g/mol. The summed E-state index contributed by atoms with van der Waals surface area (Å²) in [5, 5.41) is 0. The summed E-state index contributed by atoms with van der Waals surface area (Å²) in [5.74, 6) is -0.205. The number of benzene rings is 2. The molecule has 2 aromatic rings. The van der Waals surface area contributed by atoms with E-state index in [0.717, 1.165) is 18.7 Å². The lowest BCUT2D eigenvalue weighted by Crippen LogP contribution is -2.30. The molecule has 0 bridgehead atoms. The molecule has 3 nitrogen and oxygen atoms in total. The van der Waals surface area contributed by atoms with Gasteiger partial charge in [-0.3, -0.25) is 4.90 Å². The molecule has 0 saturated carbocycles. The van der Waals surface area contributed by atoms with Crippen LogP contribution in [0.1, 0.15) is 22.7 Å². The molecule has 0 aliphatic carbocycles. The molecule has 0 amide bonds. The molecule has 0 fully saturated rings. The summed E-state index contributed by atoms with van der Waals surface area (Å²) in [6, 6.07) is 17.8. The fraction of sp³-hybridized carbons (Fsp3) is 0.235. The van der Waals surface area contributed by atoms with Gasteiger partial charge in [-0.2, -0.15) is 0 Å². The fourth-order valence-corrected chi connectivity index (χ4v) is 2.79. The summed E-state index contributed by atoms with van der Waals surface area (Å²) >= 11 is 0. The maximum Gasteiger partial charge on any atom is 0.327 e. The quantitative estimate of drug-likeness (QED) is 0.801. The standard InChI is InChI=1S/C17H17NO2/c1-20-17(19)16(13-7-3-2-4-8-13)18-11-14-9-5-6-10-15(14)12-18/h2-10,16H,11-12H2,1H3/t16-/m0/s1. The van der Waals surface area contributed by atoms with E-state index in [-0.39, 0.29) is 12.0 Å². The van der Waals surface area contributed by atoms with Gasteiger partial charge in [0.2, 0.25) is 0 Å². The first-order valence-corrected chi connectivity index (χ1v) is 6.73. The lowest BCUT2D eigenvalue weighted by atomic mass is 10.1. The van der Waals surface area contributed by atoms with Crippen molar-refractivity contribution in [3.05, 3.63) is 71.3 Å². The van der Waals surface area contributed by atoms with Crippen LogP contribution in [0.15, 0.2) is 54.6 Å². The number of carbonyl (C=O) groups excluding carboxylic acids is 1. The maximum atomic E-state index is 12.2. The predicted octanol–water partition coefficient (Wildman–Crippen LogP) is 2.92. The minimum atomic E-state index is -0.339. The van der Waals surface area contributed by atoms with Crippen LogP contribution in [0.4, 0.5) is 0 Å². The van der Waals surface area contributed by atoms with Crippen LogP contribution >= 0.6 is 0 Å². The van der Waals surface area contributed by atoms with Gasteiger partial charge in [-0.25, -0.2) is 4.79 Å². The average molecular weight is 267 g/mol. The molecule has 0 spiro atoms. The lowest BCUT2D eigenvalue weighted by molar-refractivity contribution is -0.147. The van der Waals surface area contributed by atoms with Crippen LogP contribution in [-0.4, -0.2) is 18.0 Å². The Morgan fingerprint density at radius 2 is 1.55 bits per heavy atom. The molecule has 3 rings (SSSR count). The summed E-state index contributed by atoms with van der Waals surface area (Å²) in [6.07, 6.45) is 0. The second kappa shape index (κ2) is 5.47. The maximum absolute atomic E-state index is 12.2. The molecule has 3 heteroatoms. The van der Waals surface area contributed by atoms with Gasteiger partial charge >= 0.3 is 5.97 Å². The van der Waals surface area contributed by atoms with Crippen molar-refractivity contribution in [1.82, 2.24) is 4.90 Å². The summed E-state index contributed by atoms with van der Waals surface area (Å²) in [6.45, 7) is 1.57. The van der Waals surface area contributed by atoms with E-state index in [1.807, 2.05) is 42.5 Å². The number of rotatable bonds is 3. The third-order valence-corrected chi connectivity index (χ3v) is 3.77. The molecule has 0 unspecified atom stereocenters. The minimum Gasteiger partial charge on any atom is -0.468 e. The molecule has 20 heavy (non-hydrogen) atoms. The normalized spacial score (nSPS) is 15.7. The van der Waals surface area contributed by atoms with Crippen LogP contribution < -0.4 is 0 Å². The zero-order chi connectivity index (χ0) is 13.9. The summed E-state index contributed by atoms with van der Waals surface area (Å²) < 4.78 is 5.00. The zero-order valence-electron chi connectivity index (χ0n) is 11.5. The third-order valence-electron chi connectivity index (χ3n) is 3.77. The third kappa shape index (κ3) is 2.32. The van der Waals surface area contributed by atoms with E-state index >= 15 is 0 Å². The molecule has 0 saturated heterocycles. The Morgan fingerprint density at radius 1 is 1.00 bits per heavy atom. The summed E-state index contributed by atoms with van der Waals surface area (Å²) in [7, 11) is 1.45. The van der Waals surface area contributed by atoms with E-state index < -0.39 is 0 Å². The Labute approximate surface area is 118 Å².